The van der Waals surface area contributed by atoms with E-state index >= 15 is 0 Å². The van der Waals surface area contributed by atoms with Crippen LogP contribution in [-0.4, -0.2) is 20.6 Å². The average molecular weight is 370 g/mol. The smallest absolute Gasteiger partial charge is 0.287 e. The Hall–Kier alpha value is -3.62. The maximum absolute atomic E-state index is 12.2. The number of hydrogen-bond donors (Lipinski definition) is 1. The number of aromatic nitrogens is 2. The summed E-state index contributed by atoms with van der Waals surface area (Å²) in [4.78, 5) is 22.3. The molecule has 0 atom stereocenters. The molecule has 0 saturated carbocycles. The van der Waals surface area contributed by atoms with Crippen LogP contribution in [0.3, 0.4) is 0 Å². The molecule has 2 heterocycles. The van der Waals surface area contributed by atoms with E-state index in [4.69, 9.17) is 9.15 Å². The van der Waals surface area contributed by atoms with Crippen molar-refractivity contribution in [2.24, 2.45) is 7.05 Å². The molecule has 3 aromatic rings. The highest BCUT2D eigenvalue weighted by Crippen LogP contribution is 2.19. The lowest BCUT2D eigenvalue weighted by Crippen LogP contribution is -2.23. The van der Waals surface area contributed by atoms with Crippen molar-refractivity contribution in [3.63, 3.8) is 0 Å². The summed E-state index contributed by atoms with van der Waals surface area (Å²) in [5.41, 5.74) is 1.75. The summed E-state index contributed by atoms with van der Waals surface area (Å²) in [6, 6.07) is 10.8. The fraction of sp³-hybridized carbons (Fsp3) is 0.222. The summed E-state index contributed by atoms with van der Waals surface area (Å²) >= 11 is 0. The number of carbonyl (C=O) groups is 1. The SMILES string of the molecule is Cc1cc(CNC(=O)c2ccc(COc3ccc([N+](=O)[O-])cc3)o2)n(C)n1. The molecule has 9 nitrogen and oxygen atoms in total. The number of nitro groups is 1. The minimum Gasteiger partial charge on any atom is -0.486 e. The molecule has 1 amide bonds. The summed E-state index contributed by atoms with van der Waals surface area (Å²) in [7, 11) is 1.81. The minimum absolute atomic E-state index is 0.0112. The lowest BCUT2D eigenvalue weighted by Gasteiger charge is -2.04. The van der Waals surface area contributed by atoms with E-state index in [9.17, 15) is 14.9 Å². The summed E-state index contributed by atoms with van der Waals surface area (Å²) in [5.74, 6) is 0.774. The number of benzene rings is 1. The van der Waals surface area contributed by atoms with E-state index in [1.165, 1.54) is 24.3 Å². The van der Waals surface area contributed by atoms with Crippen LogP contribution in [0.1, 0.15) is 27.7 Å². The molecule has 1 aromatic carbocycles. The number of furan rings is 1. The number of carbonyl (C=O) groups excluding carboxylic acids is 1. The quantitative estimate of drug-likeness (QED) is 0.505. The van der Waals surface area contributed by atoms with E-state index < -0.39 is 4.92 Å². The van der Waals surface area contributed by atoms with E-state index in [0.29, 0.717) is 18.1 Å². The fourth-order valence-electron chi connectivity index (χ4n) is 2.48. The molecule has 0 bridgehead atoms. The molecule has 0 aliphatic heterocycles. The number of aryl methyl sites for hydroxylation is 2. The Morgan fingerprint density at radius 1 is 1.30 bits per heavy atom. The summed E-state index contributed by atoms with van der Waals surface area (Å²) in [6.07, 6.45) is 0. The average Bonchev–Trinajstić information content (AvgIpc) is 3.24. The molecule has 0 spiro atoms. The van der Waals surface area contributed by atoms with Crippen molar-refractivity contribution in [2.45, 2.75) is 20.1 Å². The molecule has 0 radical (unpaired) electrons. The largest absolute Gasteiger partial charge is 0.486 e. The van der Waals surface area contributed by atoms with Crippen molar-refractivity contribution in [3.05, 3.63) is 75.5 Å². The van der Waals surface area contributed by atoms with E-state index in [-0.39, 0.29) is 24.0 Å². The first kappa shape index (κ1) is 18.2. The third-order valence-electron chi connectivity index (χ3n) is 3.84. The molecular weight excluding hydrogens is 352 g/mol. The Morgan fingerprint density at radius 3 is 2.67 bits per heavy atom. The van der Waals surface area contributed by atoms with Crippen molar-refractivity contribution in [3.8, 4) is 5.75 Å². The van der Waals surface area contributed by atoms with Gasteiger partial charge in [0.1, 0.15) is 18.1 Å². The number of rotatable bonds is 7. The first-order valence-electron chi connectivity index (χ1n) is 8.16. The van der Waals surface area contributed by atoms with Gasteiger partial charge in [0.05, 0.1) is 22.9 Å². The van der Waals surface area contributed by atoms with E-state index in [1.54, 1.807) is 16.8 Å². The standard InChI is InChI=1S/C18H18N4O5/c1-12-9-14(21(2)20-12)10-19-18(23)17-8-7-16(27-17)11-26-15-5-3-13(4-6-15)22(24)25/h3-9H,10-11H2,1-2H3,(H,19,23). The zero-order chi connectivity index (χ0) is 19.4. The van der Waals surface area contributed by atoms with Gasteiger partial charge in [-0.3, -0.25) is 19.6 Å². The third-order valence-corrected chi connectivity index (χ3v) is 3.84. The maximum atomic E-state index is 12.2. The monoisotopic (exact) mass is 370 g/mol. The minimum atomic E-state index is -0.478. The molecule has 27 heavy (non-hydrogen) atoms. The van der Waals surface area contributed by atoms with Gasteiger partial charge in [-0.25, -0.2) is 0 Å². The number of ether oxygens (including phenoxy) is 1. The molecule has 1 N–H and O–H groups in total. The van der Waals surface area contributed by atoms with Gasteiger partial charge in [-0.2, -0.15) is 5.10 Å². The summed E-state index contributed by atoms with van der Waals surface area (Å²) in [6.45, 7) is 2.33. The lowest BCUT2D eigenvalue weighted by atomic mass is 10.3. The Morgan fingerprint density at radius 2 is 2.04 bits per heavy atom. The van der Waals surface area contributed by atoms with Gasteiger partial charge in [0, 0.05) is 19.2 Å². The number of nitrogens with zero attached hydrogens (tertiary/aromatic N) is 3. The van der Waals surface area contributed by atoms with Crippen LogP contribution in [0.4, 0.5) is 5.69 Å². The molecule has 0 aliphatic carbocycles. The van der Waals surface area contributed by atoms with Crippen molar-refractivity contribution < 1.29 is 18.9 Å². The highest BCUT2D eigenvalue weighted by molar-refractivity contribution is 5.91. The van der Waals surface area contributed by atoms with Crippen LogP contribution in [0.15, 0.2) is 46.9 Å². The molecule has 9 heteroatoms. The van der Waals surface area contributed by atoms with Crippen LogP contribution in [0, 0.1) is 17.0 Å². The van der Waals surface area contributed by atoms with Crippen LogP contribution in [0.2, 0.25) is 0 Å². The van der Waals surface area contributed by atoms with Gasteiger partial charge in [-0.15, -0.1) is 0 Å². The molecule has 2 aromatic heterocycles. The molecule has 0 saturated heterocycles. The first-order chi connectivity index (χ1) is 12.9. The van der Waals surface area contributed by atoms with Gasteiger partial charge in [-0.05, 0) is 37.3 Å². The molecule has 3 rings (SSSR count). The van der Waals surface area contributed by atoms with Crippen LogP contribution in [-0.2, 0) is 20.2 Å². The number of non-ortho nitro benzene ring substituents is 1. The topological polar surface area (TPSA) is 112 Å². The molecule has 0 aliphatic rings. The number of nitro benzene ring substituents is 1. The number of hydrogen-bond acceptors (Lipinski definition) is 6. The highest BCUT2D eigenvalue weighted by atomic mass is 16.6. The van der Waals surface area contributed by atoms with Gasteiger partial charge in [0.25, 0.3) is 11.6 Å². The van der Waals surface area contributed by atoms with Gasteiger partial charge in [0.15, 0.2) is 5.76 Å². The highest BCUT2D eigenvalue weighted by Gasteiger charge is 2.13. The van der Waals surface area contributed by atoms with Crippen LogP contribution in [0.25, 0.3) is 0 Å². The normalized spacial score (nSPS) is 10.6. The third kappa shape index (κ3) is 4.51. The van der Waals surface area contributed by atoms with Gasteiger partial charge < -0.3 is 14.5 Å². The molecule has 140 valence electrons. The molecule has 0 unspecified atom stereocenters. The summed E-state index contributed by atoms with van der Waals surface area (Å²) in [5, 5.41) is 17.6. The fourth-order valence-corrected chi connectivity index (χ4v) is 2.48. The molecular formula is C18H18N4O5. The predicted octanol–water partition coefficient (Wildman–Crippen LogP) is 2.74. The Labute approximate surface area is 154 Å². The maximum Gasteiger partial charge on any atom is 0.287 e. The number of nitrogens with one attached hydrogen (secondary N) is 1. The van der Waals surface area contributed by atoms with Gasteiger partial charge in [0.2, 0.25) is 0 Å². The van der Waals surface area contributed by atoms with Crippen molar-refractivity contribution in [1.82, 2.24) is 15.1 Å². The first-order valence-corrected chi connectivity index (χ1v) is 8.16. The predicted molar refractivity (Wildman–Crippen MR) is 95.3 cm³/mol. The van der Waals surface area contributed by atoms with E-state index in [1.807, 2.05) is 20.0 Å². The van der Waals surface area contributed by atoms with Crippen LogP contribution < -0.4 is 10.1 Å². The van der Waals surface area contributed by atoms with Crippen LogP contribution in [0.5, 0.6) is 5.75 Å². The number of amides is 1. The van der Waals surface area contributed by atoms with Gasteiger partial charge in [-0.1, -0.05) is 0 Å². The van der Waals surface area contributed by atoms with Crippen molar-refractivity contribution in [2.75, 3.05) is 0 Å². The zero-order valence-electron chi connectivity index (χ0n) is 14.8. The zero-order valence-corrected chi connectivity index (χ0v) is 14.8. The second-order valence-electron chi connectivity index (χ2n) is 5.89. The second kappa shape index (κ2) is 7.73. The Balaban J connectivity index is 1.53. The summed E-state index contributed by atoms with van der Waals surface area (Å²) < 4.78 is 12.7. The van der Waals surface area contributed by atoms with Crippen molar-refractivity contribution in [1.29, 1.82) is 0 Å². The lowest BCUT2D eigenvalue weighted by molar-refractivity contribution is -0.384. The van der Waals surface area contributed by atoms with E-state index in [0.717, 1.165) is 11.4 Å². The van der Waals surface area contributed by atoms with Crippen LogP contribution >= 0.6 is 0 Å². The van der Waals surface area contributed by atoms with E-state index in [2.05, 4.69) is 10.4 Å². The second-order valence-corrected chi connectivity index (χ2v) is 5.89. The Kier molecular flexibility index (Phi) is 5.20. The van der Waals surface area contributed by atoms with Crippen molar-refractivity contribution >= 4 is 11.6 Å². The Bertz CT molecular complexity index is 959. The molecule has 0 fully saturated rings. The van der Waals surface area contributed by atoms with Gasteiger partial charge >= 0.3 is 0 Å².